The van der Waals surface area contributed by atoms with Crippen molar-refractivity contribution in [1.29, 1.82) is 0 Å². The predicted molar refractivity (Wildman–Crippen MR) is 59.4 cm³/mol. The average Bonchev–Trinajstić information content (AvgIpc) is 2.88. The first-order chi connectivity index (χ1) is 7.13. The van der Waals surface area contributed by atoms with Crippen molar-refractivity contribution in [1.82, 2.24) is 10.1 Å². The van der Waals surface area contributed by atoms with E-state index in [1.807, 2.05) is 31.4 Å². The molecule has 0 aliphatic rings. The molecule has 0 bridgehead atoms. The van der Waals surface area contributed by atoms with Crippen LogP contribution in [-0.4, -0.2) is 10.1 Å². The molecule has 2 aromatic heterocycles. The van der Waals surface area contributed by atoms with E-state index in [0.29, 0.717) is 11.7 Å². The van der Waals surface area contributed by atoms with Crippen LogP contribution in [-0.2, 0) is 5.54 Å². The Labute approximate surface area is 92.1 Å². The third kappa shape index (κ3) is 1.93. The Balaban J connectivity index is 2.33. The molecule has 0 aromatic carbocycles. The van der Waals surface area contributed by atoms with E-state index in [4.69, 9.17) is 10.3 Å². The topological polar surface area (TPSA) is 64.9 Å². The van der Waals surface area contributed by atoms with Gasteiger partial charge in [0.1, 0.15) is 0 Å². The molecule has 0 spiro atoms. The smallest absolute Gasteiger partial charge is 0.268 e. The molecule has 0 saturated heterocycles. The summed E-state index contributed by atoms with van der Waals surface area (Å²) >= 11 is 1.57. The van der Waals surface area contributed by atoms with Gasteiger partial charge in [0.15, 0.2) is 5.82 Å². The van der Waals surface area contributed by atoms with Crippen molar-refractivity contribution in [2.45, 2.75) is 25.8 Å². The molecular formula is C10H13N3OS. The van der Waals surface area contributed by atoms with Gasteiger partial charge >= 0.3 is 0 Å². The largest absolute Gasteiger partial charge is 0.333 e. The molecule has 2 rings (SSSR count). The summed E-state index contributed by atoms with van der Waals surface area (Å²) in [6.07, 6.45) is 0.774. The van der Waals surface area contributed by atoms with Crippen molar-refractivity contribution in [3.8, 4) is 10.8 Å². The van der Waals surface area contributed by atoms with Gasteiger partial charge in [-0.25, -0.2) is 0 Å². The maximum atomic E-state index is 6.02. The minimum absolute atomic E-state index is 0.515. The average molecular weight is 223 g/mol. The van der Waals surface area contributed by atoms with Gasteiger partial charge in [0.25, 0.3) is 5.89 Å². The molecule has 4 nitrogen and oxygen atoms in total. The molecule has 0 aliphatic carbocycles. The zero-order valence-corrected chi connectivity index (χ0v) is 9.54. The zero-order chi connectivity index (χ0) is 10.9. The minimum atomic E-state index is -0.515. The molecule has 2 N–H and O–H groups in total. The van der Waals surface area contributed by atoms with Crippen LogP contribution in [0.4, 0.5) is 0 Å². The van der Waals surface area contributed by atoms with Crippen LogP contribution in [0.1, 0.15) is 26.1 Å². The van der Waals surface area contributed by atoms with Gasteiger partial charge in [0.2, 0.25) is 0 Å². The van der Waals surface area contributed by atoms with E-state index < -0.39 is 5.54 Å². The molecule has 0 fully saturated rings. The van der Waals surface area contributed by atoms with Gasteiger partial charge in [0.05, 0.1) is 10.4 Å². The fourth-order valence-corrected chi connectivity index (χ4v) is 1.76. The van der Waals surface area contributed by atoms with Crippen molar-refractivity contribution >= 4 is 11.3 Å². The second-order valence-electron chi connectivity index (χ2n) is 3.67. The Morgan fingerprint density at radius 3 is 3.00 bits per heavy atom. The molecule has 15 heavy (non-hydrogen) atoms. The highest BCUT2D eigenvalue weighted by Gasteiger charge is 2.25. The number of hydrogen-bond acceptors (Lipinski definition) is 5. The lowest BCUT2D eigenvalue weighted by Crippen LogP contribution is -2.33. The number of aromatic nitrogens is 2. The van der Waals surface area contributed by atoms with Crippen molar-refractivity contribution < 1.29 is 4.52 Å². The van der Waals surface area contributed by atoms with Gasteiger partial charge in [-0.2, -0.15) is 4.98 Å². The monoisotopic (exact) mass is 223 g/mol. The summed E-state index contributed by atoms with van der Waals surface area (Å²) in [7, 11) is 0. The molecule has 0 radical (unpaired) electrons. The van der Waals surface area contributed by atoms with Gasteiger partial charge in [0, 0.05) is 0 Å². The molecular weight excluding hydrogens is 210 g/mol. The fourth-order valence-electron chi connectivity index (χ4n) is 1.11. The minimum Gasteiger partial charge on any atom is -0.333 e. The standard InChI is InChI=1S/C10H13N3OS/c1-3-10(2,11)9-12-8(14-13-9)7-5-4-6-15-7/h4-6H,3,11H2,1-2H3. The van der Waals surface area contributed by atoms with E-state index in [1.54, 1.807) is 11.3 Å². The molecule has 0 saturated carbocycles. The number of thiophene rings is 1. The van der Waals surface area contributed by atoms with E-state index in [2.05, 4.69) is 10.1 Å². The number of hydrogen-bond donors (Lipinski definition) is 1. The van der Waals surface area contributed by atoms with E-state index >= 15 is 0 Å². The Morgan fingerprint density at radius 2 is 2.40 bits per heavy atom. The van der Waals surface area contributed by atoms with Gasteiger partial charge < -0.3 is 10.3 Å². The number of nitrogens with two attached hydrogens (primary N) is 1. The lowest BCUT2D eigenvalue weighted by atomic mass is 10.0. The first-order valence-corrected chi connectivity index (χ1v) is 5.68. The van der Waals surface area contributed by atoms with E-state index in [1.165, 1.54) is 0 Å². The highest BCUT2D eigenvalue weighted by molar-refractivity contribution is 7.13. The van der Waals surface area contributed by atoms with Crippen LogP contribution in [0, 0.1) is 0 Å². The van der Waals surface area contributed by atoms with Crippen LogP contribution in [0.5, 0.6) is 0 Å². The number of nitrogens with zero attached hydrogens (tertiary/aromatic N) is 2. The summed E-state index contributed by atoms with van der Waals surface area (Å²) in [6, 6.07) is 3.90. The lowest BCUT2D eigenvalue weighted by Gasteiger charge is -2.16. The SMILES string of the molecule is CCC(C)(N)c1noc(-c2cccs2)n1. The van der Waals surface area contributed by atoms with Gasteiger partial charge in [-0.05, 0) is 24.8 Å². The molecule has 2 heterocycles. The Morgan fingerprint density at radius 1 is 1.60 bits per heavy atom. The first-order valence-electron chi connectivity index (χ1n) is 4.80. The molecule has 80 valence electrons. The quantitative estimate of drug-likeness (QED) is 0.867. The van der Waals surface area contributed by atoms with Crippen molar-refractivity contribution in [3.05, 3.63) is 23.3 Å². The highest BCUT2D eigenvalue weighted by atomic mass is 32.1. The summed E-state index contributed by atoms with van der Waals surface area (Å²) in [5.41, 5.74) is 5.51. The summed E-state index contributed by atoms with van der Waals surface area (Å²) in [6.45, 7) is 3.90. The highest BCUT2D eigenvalue weighted by Crippen LogP contribution is 2.25. The van der Waals surface area contributed by atoms with Crippen LogP contribution in [0.25, 0.3) is 10.8 Å². The summed E-state index contributed by atoms with van der Waals surface area (Å²) in [4.78, 5) is 5.28. The van der Waals surface area contributed by atoms with Crippen LogP contribution in [0.15, 0.2) is 22.0 Å². The van der Waals surface area contributed by atoms with E-state index in [0.717, 1.165) is 11.3 Å². The van der Waals surface area contributed by atoms with Crippen LogP contribution >= 0.6 is 11.3 Å². The maximum Gasteiger partial charge on any atom is 0.268 e. The molecule has 1 atom stereocenters. The normalized spacial score (nSPS) is 15.1. The first kappa shape index (κ1) is 10.3. The summed E-state index contributed by atoms with van der Waals surface area (Å²) < 4.78 is 5.17. The second-order valence-corrected chi connectivity index (χ2v) is 4.62. The Bertz CT molecular complexity index is 433. The second kappa shape index (κ2) is 3.75. The van der Waals surface area contributed by atoms with Crippen LogP contribution < -0.4 is 5.73 Å². The molecule has 2 aromatic rings. The fraction of sp³-hybridized carbons (Fsp3) is 0.400. The summed E-state index contributed by atoms with van der Waals surface area (Å²) in [5, 5.41) is 5.88. The Kier molecular flexibility index (Phi) is 2.58. The van der Waals surface area contributed by atoms with E-state index in [9.17, 15) is 0 Å². The molecule has 0 aliphatic heterocycles. The Hall–Kier alpha value is -1.20. The van der Waals surface area contributed by atoms with Crippen molar-refractivity contribution in [3.63, 3.8) is 0 Å². The van der Waals surface area contributed by atoms with Crippen molar-refractivity contribution in [2.24, 2.45) is 5.73 Å². The third-order valence-corrected chi connectivity index (χ3v) is 3.26. The van der Waals surface area contributed by atoms with E-state index in [-0.39, 0.29) is 0 Å². The van der Waals surface area contributed by atoms with Gasteiger partial charge in [-0.3, -0.25) is 0 Å². The van der Waals surface area contributed by atoms with Gasteiger partial charge in [-0.1, -0.05) is 18.1 Å². The zero-order valence-electron chi connectivity index (χ0n) is 8.73. The maximum absolute atomic E-state index is 6.02. The molecule has 1 unspecified atom stereocenters. The van der Waals surface area contributed by atoms with Gasteiger partial charge in [-0.15, -0.1) is 11.3 Å². The number of rotatable bonds is 3. The lowest BCUT2D eigenvalue weighted by molar-refractivity contribution is 0.379. The third-order valence-electron chi connectivity index (χ3n) is 2.40. The summed E-state index contributed by atoms with van der Waals surface area (Å²) in [5.74, 6) is 1.11. The van der Waals surface area contributed by atoms with Crippen LogP contribution in [0.2, 0.25) is 0 Å². The van der Waals surface area contributed by atoms with Crippen molar-refractivity contribution in [2.75, 3.05) is 0 Å². The predicted octanol–water partition coefficient (Wildman–Crippen LogP) is 2.38. The molecule has 0 amide bonds. The van der Waals surface area contributed by atoms with Crippen LogP contribution in [0.3, 0.4) is 0 Å². The molecule has 5 heteroatoms.